The van der Waals surface area contributed by atoms with Crippen molar-refractivity contribution in [2.24, 2.45) is 0 Å². The SMILES string of the molecule is CC(C)c1ccc(N2C(=O)/C(=C/c3ccc(O)c(I)c3)C(=O)NC2=S)cc1. The molecule has 1 aliphatic rings. The van der Waals surface area contributed by atoms with Gasteiger partial charge in [0.2, 0.25) is 0 Å². The Morgan fingerprint density at radius 1 is 1.15 bits per heavy atom. The zero-order valence-electron chi connectivity index (χ0n) is 14.7. The molecule has 3 rings (SSSR count). The van der Waals surface area contributed by atoms with Gasteiger partial charge in [-0.15, -0.1) is 0 Å². The molecule has 2 N–H and O–H groups in total. The van der Waals surface area contributed by atoms with Crippen LogP contribution < -0.4 is 10.2 Å². The highest BCUT2D eigenvalue weighted by Crippen LogP contribution is 2.26. The minimum absolute atomic E-state index is 0.0157. The van der Waals surface area contributed by atoms with Crippen LogP contribution in [0.5, 0.6) is 5.75 Å². The van der Waals surface area contributed by atoms with Crippen molar-refractivity contribution in [3.05, 3.63) is 62.7 Å². The highest BCUT2D eigenvalue weighted by atomic mass is 127. The summed E-state index contributed by atoms with van der Waals surface area (Å²) >= 11 is 7.20. The van der Waals surface area contributed by atoms with Crippen molar-refractivity contribution in [2.45, 2.75) is 19.8 Å². The monoisotopic (exact) mass is 492 g/mol. The van der Waals surface area contributed by atoms with E-state index >= 15 is 0 Å². The van der Waals surface area contributed by atoms with Crippen molar-refractivity contribution in [2.75, 3.05) is 4.90 Å². The van der Waals surface area contributed by atoms with Crippen LogP contribution in [0.2, 0.25) is 0 Å². The highest BCUT2D eigenvalue weighted by molar-refractivity contribution is 14.1. The number of carbonyl (C=O) groups is 2. The minimum atomic E-state index is -0.539. The van der Waals surface area contributed by atoms with E-state index in [0.717, 1.165) is 5.56 Å². The highest BCUT2D eigenvalue weighted by Gasteiger charge is 2.34. The van der Waals surface area contributed by atoms with E-state index in [1.807, 2.05) is 46.9 Å². The number of benzene rings is 2. The third-order valence-corrected chi connectivity index (χ3v) is 5.35. The number of hydrogen-bond acceptors (Lipinski definition) is 4. The van der Waals surface area contributed by atoms with Crippen molar-refractivity contribution < 1.29 is 14.7 Å². The van der Waals surface area contributed by atoms with Crippen molar-refractivity contribution in [3.8, 4) is 5.75 Å². The van der Waals surface area contributed by atoms with E-state index in [0.29, 0.717) is 20.7 Å². The number of phenols is 1. The van der Waals surface area contributed by atoms with E-state index in [1.165, 1.54) is 17.0 Å². The first-order valence-electron chi connectivity index (χ1n) is 8.28. The lowest BCUT2D eigenvalue weighted by atomic mass is 10.0. The van der Waals surface area contributed by atoms with Crippen LogP contribution in [-0.4, -0.2) is 22.0 Å². The van der Waals surface area contributed by atoms with Gasteiger partial charge in [-0.05, 0) is 82.2 Å². The summed E-state index contributed by atoms with van der Waals surface area (Å²) in [6.07, 6.45) is 1.50. The van der Waals surface area contributed by atoms with Gasteiger partial charge < -0.3 is 5.11 Å². The van der Waals surface area contributed by atoms with E-state index in [-0.39, 0.29) is 16.4 Å². The molecule has 0 saturated carbocycles. The first-order valence-corrected chi connectivity index (χ1v) is 9.76. The minimum Gasteiger partial charge on any atom is -0.507 e. The Morgan fingerprint density at radius 3 is 2.41 bits per heavy atom. The first kappa shape index (κ1) is 19.5. The standard InChI is InChI=1S/C20H17IN2O3S/c1-11(2)13-4-6-14(7-5-13)23-19(26)15(18(25)22-20(23)27)9-12-3-8-17(24)16(21)10-12/h3-11,24H,1-2H3,(H,22,25,27)/b15-9+. The van der Waals surface area contributed by atoms with E-state index in [4.69, 9.17) is 12.2 Å². The lowest BCUT2D eigenvalue weighted by molar-refractivity contribution is -0.122. The van der Waals surface area contributed by atoms with Crippen LogP contribution in [0.1, 0.15) is 30.9 Å². The summed E-state index contributed by atoms with van der Waals surface area (Å²) in [5.74, 6) is -0.507. The molecular formula is C20H17IN2O3S. The van der Waals surface area contributed by atoms with Crippen molar-refractivity contribution in [3.63, 3.8) is 0 Å². The molecule has 1 heterocycles. The van der Waals surface area contributed by atoms with Crippen molar-refractivity contribution in [1.29, 1.82) is 0 Å². The Kier molecular flexibility index (Phi) is 5.61. The molecule has 0 spiro atoms. The third-order valence-electron chi connectivity index (χ3n) is 4.20. The van der Waals surface area contributed by atoms with Gasteiger partial charge >= 0.3 is 0 Å². The molecule has 2 aromatic rings. The zero-order chi connectivity index (χ0) is 19.7. The van der Waals surface area contributed by atoms with Crippen LogP contribution >= 0.6 is 34.8 Å². The van der Waals surface area contributed by atoms with E-state index < -0.39 is 11.8 Å². The number of anilines is 1. The number of nitrogens with one attached hydrogen (secondary N) is 1. The molecule has 27 heavy (non-hydrogen) atoms. The van der Waals surface area contributed by atoms with Gasteiger partial charge in [0, 0.05) is 0 Å². The molecule has 7 heteroatoms. The van der Waals surface area contributed by atoms with Gasteiger partial charge in [0.1, 0.15) is 11.3 Å². The van der Waals surface area contributed by atoms with Gasteiger partial charge in [-0.3, -0.25) is 19.8 Å². The lowest BCUT2D eigenvalue weighted by Crippen LogP contribution is -2.54. The fourth-order valence-corrected chi connectivity index (χ4v) is 3.50. The number of amides is 2. The number of aromatic hydroxyl groups is 1. The Hall–Kier alpha value is -2.26. The molecule has 0 unspecified atom stereocenters. The average Bonchev–Trinajstić information content (AvgIpc) is 2.62. The van der Waals surface area contributed by atoms with Crippen LogP contribution in [0.4, 0.5) is 5.69 Å². The first-order chi connectivity index (χ1) is 12.8. The summed E-state index contributed by atoms with van der Waals surface area (Å²) in [5, 5.41) is 12.3. The smallest absolute Gasteiger partial charge is 0.270 e. The number of thiocarbonyl (C=S) groups is 1. The van der Waals surface area contributed by atoms with E-state index in [2.05, 4.69) is 19.2 Å². The Balaban J connectivity index is 1.98. The topological polar surface area (TPSA) is 69.6 Å². The predicted octanol–water partition coefficient (Wildman–Crippen LogP) is 3.95. The number of rotatable bonds is 3. The fourth-order valence-electron chi connectivity index (χ4n) is 2.68. The summed E-state index contributed by atoms with van der Waals surface area (Å²) in [6.45, 7) is 4.18. The van der Waals surface area contributed by atoms with Crippen molar-refractivity contribution in [1.82, 2.24) is 5.32 Å². The fraction of sp³-hybridized carbons (Fsp3) is 0.150. The molecule has 0 atom stereocenters. The molecule has 0 aromatic heterocycles. The summed E-state index contributed by atoms with van der Waals surface area (Å²) < 4.78 is 0.627. The average molecular weight is 492 g/mol. The number of halogens is 1. The maximum absolute atomic E-state index is 13.0. The summed E-state index contributed by atoms with van der Waals surface area (Å²) in [7, 11) is 0. The quantitative estimate of drug-likeness (QED) is 0.295. The number of hydrogen-bond donors (Lipinski definition) is 2. The predicted molar refractivity (Wildman–Crippen MR) is 118 cm³/mol. The molecule has 1 saturated heterocycles. The van der Waals surface area contributed by atoms with Crippen LogP contribution in [-0.2, 0) is 9.59 Å². The van der Waals surface area contributed by atoms with Crippen LogP contribution in [0.15, 0.2) is 48.0 Å². The van der Waals surface area contributed by atoms with Gasteiger partial charge in [-0.2, -0.15) is 0 Å². The van der Waals surface area contributed by atoms with Crippen LogP contribution in [0.3, 0.4) is 0 Å². The number of nitrogens with zero attached hydrogens (tertiary/aromatic N) is 1. The maximum Gasteiger partial charge on any atom is 0.270 e. The Labute approximate surface area is 176 Å². The number of phenolic OH excluding ortho intramolecular Hbond substituents is 1. The molecule has 0 radical (unpaired) electrons. The summed E-state index contributed by atoms with van der Waals surface area (Å²) in [4.78, 5) is 26.6. The normalized spacial score (nSPS) is 16.2. The van der Waals surface area contributed by atoms with Gasteiger partial charge in [0.25, 0.3) is 11.8 Å². The van der Waals surface area contributed by atoms with Gasteiger partial charge in [-0.1, -0.05) is 32.0 Å². The molecule has 0 bridgehead atoms. The van der Waals surface area contributed by atoms with E-state index in [9.17, 15) is 14.7 Å². The van der Waals surface area contributed by atoms with Gasteiger partial charge in [-0.25, -0.2) is 0 Å². The van der Waals surface area contributed by atoms with Crippen LogP contribution in [0, 0.1) is 3.57 Å². The molecular weight excluding hydrogens is 475 g/mol. The molecule has 0 aliphatic carbocycles. The Morgan fingerprint density at radius 2 is 1.81 bits per heavy atom. The third kappa shape index (κ3) is 4.03. The summed E-state index contributed by atoms with van der Waals surface area (Å²) in [5.41, 5.74) is 2.37. The molecule has 2 aromatic carbocycles. The maximum atomic E-state index is 13.0. The Bertz CT molecular complexity index is 968. The summed E-state index contributed by atoms with van der Waals surface area (Å²) in [6, 6.07) is 12.4. The second-order valence-electron chi connectivity index (χ2n) is 6.41. The largest absolute Gasteiger partial charge is 0.507 e. The molecule has 1 fully saturated rings. The van der Waals surface area contributed by atoms with Gasteiger partial charge in [0.05, 0.1) is 9.26 Å². The van der Waals surface area contributed by atoms with Crippen molar-refractivity contribution >= 4 is 63.5 Å². The molecule has 1 aliphatic heterocycles. The zero-order valence-corrected chi connectivity index (χ0v) is 17.7. The van der Waals surface area contributed by atoms with E-state index in [1.54, 1.807) is 12.1 Å². The second-order valence-corrected chi connectivity index (χ2v) is 7.96. The molecule has 5 nitrogen and oxygen atoms in total. The van der Waals surface area contributed by atoms with Gasteiger partial charge in [0.15, 0.2) is 5.11 Å². The second kappa shape index (κ2) is 7.77. The lowest BCUT2D eigenvalue weighted by Gasteiger charge is -2.29. The van der Waals surface area contributed by atoms with Crippen LogP contribution in [0.25, 0.3) is 6.08 Å². The molecule has 138 valence electrons. The number of carbonyl (C=O) groups excluding carboxylic acids is 2. The molecule has 2 amide bonds.